The molecule has 0 saturated carbocycles. The predicted molar refractivity (Wildman–Crippen MR) is 68.6 cm³/mol. The van der Waals surface area contributed by atoms with Crippen LogP contribution in [0.25, 0.3) is 11.1 Å². The summed E-state index contributed by atoms with van der Waals surface area (Å²) in [5.41, 5.74) is 2.31. The van der Waals surface area contributed by atoms with Crippen molar-refractivity contribution < 1.29 is 13.2 Å². The normalized spacial score (nSPS) is 12.4. The van der Waals surface area contributed by atoms with Crippen LogP contribution >= 0.6 is 0 Å². The Morgan fingerprint density at radius 3 is 2.21 bits per heavy atom. The molecule has 3 rings (SSSR count). The van der Waals surface area contributed by atoms with Crippen molar-refractivity contribution in [2.75, 3.05) is 0 Å². The van der Waals surface area contributed by atoms with E-state index in [2.05, 4.69) is 0 Å². The first kappa shape index (κ1) is 12.3. The van der Waals surface area contributed by atoms with Gasteiger partial charge >= 0.3 is 0 Å². The van der Waals surface area contributed by atoms with Crippen LogP contribution in [0.2, 0.25) is 0 Å². The molecule has 0 atom stereocenters. The van der Waals surface area contributed by atoms with Crippen molar-refractivity contribution in [1.82, 2.24) is 0 Å². The van der Waals surface area contributed by atoms with Gasteiger partial charge in [0.15, 0.2) is 11.6 Å². The third-order valence-corrected chi connectivity index (χ3v) is 3.64. The maximum absolute atomic E-state index is 14.5. The molecule has 0 heterocycles. The van der Waals surface area contributed by atoms with Gasteiger partial charge in [-0.2, -0.15) is 0 Å². The minimum atomic E-state index is -0.941. The predicted octanol–water partition coefficient (Wildman–Crippen LogP) is 4.63. The molecular weight excluding hydrogens is 249 g/mol. The molecule has 3 heteroatoms. The molecule has 0 bridgehead atoms. The summed E-state index contributed by atoms with van der Waals surface area (Å²) >= 11 is 0. The molecule has 2 aromatic carbocycles. The van der Waals surface area contributed by atoms with Crippen LogP contribution in [0.1, 0.15) is 30.0 Å². The average molecular weight is 262 g/mol. The van der Waals surface area contributed by atoms with Gasteiger partial charge in [-0.3, -0.25) is 0 Å². The summed E-state index contributed by atoms with van der Waals surface area (Å²) in [5, 5.41) is 0. The van der Waals surface area contributed by atoms with E-state index in [4.69, 9.17) is 0 Å². The molecule has 0 amide bonds. The Bertz CT molecular complexity index is 660. The summed E-state index contributed by atoms with van der Waals surface area (Å²) < 4.78 is 41.8. The smallest absolute Gasteiger partial charge is 0.167 e. The third kappa shape index (κ3) is 1.76. The number of fused-ring (bicyclic) bond motifs is 3. The van der Waals surface area contributed by atoms with E-state index in [1.807, 2.05) is 13.0 Å². The summed E-state index contributed by atoms with van der Waals surface area (Å²) in [6.45, 7) is 1.96. The molecule has 0 nitrogen and oxygen atoms in total. The van der Waals surface area contributed by atoms with E-state index in [0.717, 1.165) is 18.1 Å². The second-order valence-corrected chi connectivity index (χ2v) is 4.90. The van der Waals surface area contributed by atoms with Crippen LogP contribution in [0.5, 0.6) is 0 Å². The van der Waals surface area contributed by atoms with Crippen LogP contribution in [0.15, 0.2) is 24.3 Å². The molecule has 19 heavy (non-hydrogen) atoms. The lowest BCUT2D eigenvalue weighted by Crippen LogP contribution is -1.96. The molecule has 1 aliphatic carbocycles. The average Bonchev–Trinajstić information content (AvgIpc) is 2.77. The minimum absolute atomic E-state index is 0.102. The molecular formula is C16H13F3. The minimum Gasteiger partial charge on any atom is -0.206 e. The van der Waals surface area contributed by atoms with Gasteiger partial charge in [-0.1, -0.05) is 31.5 Å². The van der Waals surface area contributed by atoms with E-state index in [0.29, 0.717) is 24.0 Å². The quantitative estimate of drug-likeness (QED) is 0.631. The Balaban J connectivity index is 2.27. The number of halogens is 3. The van der Waals surface area contributed by atoms with Gasteiger partial charge in [-0.05, 0) is 35.6 Å². The Hall–Kier alpha value is -1.77. The number of aryl methyl sites for hydroxylation is 1. The van der Waals surface area contributed by atoms with Crippen LogP contribution in [-0.2, 0) is 12.8 Å². The van der Waals surface area contributed by atoms with Gasteiger partial charge < -0.3 is 0 Å². The Morgan fingerprint density at radius 2 is 1.53 bits per heavy atom. The molecule has 0 unspecified atom stereocenters. The molecule has 98 valence electrons. The van der Waals surface area contributed by atoms with Crippen molar-refractivity contribution in [2.45, 2.75) is 26.2 Å². The molecule has 0 radical (unpaired) electrons. The number of hydrogen-bond acceptors (Lipinski definition) is 0. The highest BCUT2D eigenvalue weighted by molar-refractivity contribution is 5.78. The standard InChI is InChI=1S/C16H13F3/c1-2-3-9-4-5-10-8-11-6-7-12(17)16(19)14(11)13(10)15(9)18/h4-7H,2-3,8H2,1H3. The first-order chi connectivity index (χ1) is 9.13. The summed E-state index contributed by atoms with van der Waals surface area (Å²) in [6.07, 6.45) is 1.88. The molecule has 2 aromatic rings. The van der Waals surface area contributed by atoms with Crippen molar-refractivity contribution in [2.24, 2.45) is 0 Å². The van der Waals surface area contributed by atoms with Crippen LogP contribution in [0.4, 0.5) is 13.2 Å². The number of benzene rings is 2. The second-order valence-electron chi connectivity index (χ2n) is 4.90. The van der Waals surface area contributed by atoms with E-state index in [-0.39, 0.29) is 11.1 Å². The van der Waals surface area contributed by atoms with Crippen molar-refractivity contribution in [3.8, 4) is 11.1 Å². The van der Waals surface area contributed by atoms with Crippen molar-refractivity contribution in [1.29, 1.82) is 0 Å². The lowest BCUT2D eigenvalue weighted by Gasteiger charge is -2.09. The van der Waals surface area contributed by atoms with Crippen molar-refractivity contribution in [3.63, 3.8) is 0 Å². The van der Waals surface area contributed by atoms with Crippen LogP contribution < -0.4 is 0 Å². The van der Waals surface area contributed by atoms with Crippen LogP contribution in [-0.4, -0.2) is 0 Å². The SMILES string of the molecule is CCCc1ccc2c(c1F)-c1c(ccc(F)c1F)C2. The fourth-order valence-electron chi connectivity index (χ4n) is 2.75. The largest absolute Gasteiger partial charge is 0.206 e. The Labute approximate surface area is 109 Å². The van der Waals surface area contributed by atoms with E-state index in [9.17, 15) is 13.2 Å². The Kier molecular flexibility index (Phi) is 2.85. The lowest BCUT2D eigenvalue weighted by molar-refractivity contribution is 0.510. The van der Waals surface area contributed by atoms with Crippen molar-refractivity contribution in [3.05, 3.63) is 58.4 Å². The maximum atomic E-state index is 14.5. The summed E-state index contributed by atoms with van der Waals surface area (Å²) in [7, 11) is 0. The van der Waals surface area contributed by atoms with Gasteiger partial charge in [0, 0.05) is 11.1 Å². The van der Waals surface area contributed by atoms with Crippen LogP contribution in [0, 0.1) is 17.5 Å². The number of hydrogen-bond donors (Lipinski definition) is 0. The molecule has 0 N–H and O–H groups in total. The summed E-state index contributed by atoms with van der Waals surface area (Å²) in [4.78, 5) is 0. The zero-order valence-corrected chi connectivity index (χ0v) is 10.6. The third-order valence-electron chi connectivity index (χ3n) is 3.64. The van der Waals surface area contributed by atoms with E-state index in [1.54, 1.807) is 6.07 Å². The highest BCUT2D eigenvalue weighted by Crippen LogP contribution is 2.41. The molecule has 0 saturated heterocycles. The zero-order valence-electron chi connectivity index (χ0n) is 10.6. The number of rotatable bonds is 2. The van der Waals surface area contributed by atoms with E-state index >= 15 is 0 Å². The van der Waals surface area contributed by atoms with E-state index < -0.39 is 17.5 Å². The first-order valence-electron chi connectivity index (χ1n) is 6.41. The summed E-state index contributed by atoms with van der Waals surface area (Å²) in [5.74, 6) is -2.27. The van der Waals surface area contributed by atoms with Gasteiger partial charge in [-0.15, -0.1) is 0 Å². The molecule has 1 aliphatic rings. The van der Waals surface area contributed by atoms with Gasteiger partial charge in [0.1, 0.15) is 5.82 Å². The first-order valence-corrected chi connectivity index (χ1v) is 6.41. The molecule has 0 aliphatic heterocycles. The topological polar surface area (TPSA) is 0 Å². The zero-order chi connectivity index (χ0) is 13.6. The molecule has 0 aromatic heterocycles. The summed E-state index contributed by atoms with van der Waals surface area (Å²) in [6, 6.07) is 6.20. The van der Waals surface area contributed by atoms with Gasteiger partial charge in [0.05, 0.1) is 0 Å². The fraction of sp³-hybridized carbons (Fsp3) is 0.250. The second kappa shape index (κ2) is 4.41. The van der Waals surface area contributed by atoms with Gasteiger partial charge in [-0.25, -0.2) is 13.2 Å². The van der Waals surface area contributed by atoms with Crippen molar-refractivity contribution >= 4 is 0 Å². The molecule has 0 spiro atoms. The highest BCUT2D eigenvalue weighted by Gasteiger charge is 2.28. The van der Waals surface area contributed by atoms with Crippen LogP contribution in [0.3, 0.4) is 0 Å². The monoisotopic (exact) mass is 262 g/mol. The van der Waals surface area contributed by atoms with E-state index in [1.165, 1.54) is 6.07 Å². The van der Waals surface area contributed by atoms with Gasteiger partial charge in [0.25, 0.3) is 0 Å². The Morgan fingerprint density at radius 1 is 0.895 bits per heavy atom. The van der Waals surface area contributed by atoms with Gasteiger partial charge in [0.2, 0.25) is 0 Å². The molecule has 0 fully saturated rings. The maximum Gasteiger partial charge on any atom is 0.167 e. The highest BCUT2D eigenvalue weighted by atomic mass is 19.2. The lowest BCUT2D eigenvalue weighted by atomic mass is 9.99. The fourth-order valence-corrected chi connectivity index (χ4v) is 2.75.